The first-order valence-corrected chi connectivity index (χ1v) is 9.49. The van der Waals surface area contributed by atoms with Crippen molar-refractivity contribution in [3.8, 4) is 5.75 Å². The van der Waals surface area contributed by atoms with Crippen LogP contribution in [0.5, 0.6) is 5.75 Å². The Labute approximate surface area is 177 Å². The van der Waals surface area contributed by atoms with Crippen LogP contribution in [0.25, 0.3) is 10.8 Å². The highest BCUT2D eigenvalue weighted by atomic mass is 16.6. The zero-order chi connectivity index (χ0) is 22.0. The number of carbonyl (C=O) groups excluding carboxylic acids is 3. The number of phenolic OH excluding ortho intramolecular Hbond substituents is 1. The first kappa shape index (κ1) is 20.0. The van der Waals surface area contributed by atoms with Crippen molar-refractivity contribution in [2.24, 2.45) is 0 Å². The molecular formula is C22H20N4O5. The zero-order valence-corrected chi connectivity index (χ0v) is 16.6. The van der Waals surface area contributed by atoms with Crippen LogP contribution >= 0.6 is 0 Å². The van der Waals surface area contributed by atoms with Gasteiger partial charge in [0.1, 0.15) is 12.4 Å². The minimum absolute atomic E-state index is 0.0332. The third-order valence-electron chi connectivity index (χ3n) is 5.03. The van der Waals surface area contributed by atoms with Crippen molar-refractivity contribution in [3.63, 3.8) is 0 Å². The highest BCUT2D eigenvalue weighted by Crippen LogP contribution is 2.27. The van der Waals surface area contributed by atoms with Crippen molar-refractivity contribution >= 4 is 34.5 Å². The second-order valence-corrected chi connectivity index (χ2v) is 7.36. The van der Waals surface area contributed by atoms with E-state index in [4.69, 9.17) is 4.74 Å². The Kier molecular flexibility index (Phi) is 5.08. The second-order valence-electron chi connectivity index (χ2n) is 7.36. The second kappa shape index (κ2) is 7.86. The number of nitrogens with one attached hydrogen (secondary N) is 4. The molecule has 4 rings (SSSR count). The van der Waals surface area contributed by atoms with E-state index >= 15 is 0 Å². The van der Waals surface area contributed by atoms with Crippen LogP contribution in [0.3, 0.4) is 0 Å². The standard InChI is InChI=1S/C22H20N4O5/c1-22(12-31-21(30)24-22)15-7-4-8-16(11-15)23-20(29)26-25-19(28)17-9-13-5-2-3-6-14(13)10-18(17)27/h2-11,27H,12H2,1H3,(H,24,30)(H,25,28)(H2,23,26,29). The molecule has 3 aromatic rings. The molecule has 9 heteroatoms. The molecule has 158 valence electrons. The van der Waals surface area contributed by atoms with Crippen molar-refractivity contribution in [3.05, 3.63) is 71.8 Å². The van der Waals surface area contributed by atoms with Crippen LogP contribution in [0, 0.1) is 0 Å². The monoisotopic (exact) mass is 420 g/mol. The fourth-order valence-electron chi connectivity index (χ4n) is 3.36. The van der Waals surface area contributed by atoms with E-state index < -0.39 is 23.6 Å². The number of phenols is 1. The molecule has 31 heavy (non-hydrogen) atoms. The van der Waals surface area contributed by atoms with Gasteiger partial charge in [0.05, 0.1) is 11.1 Å². The Morgan fingerprint density at radius 2 is 1.77 bits per heavy atom. The van der Waals surface area contributed by atoms with Crippen molar-refractivity contribution in [1.82, 2.24) is 16.2 Å². The molecule has 1 heterocycles. The van der Waals surface area contributed by atoms with Crippen molar-refractivity contribution in [1.29, 1.82) is 0 Å². The highest BCUT2D eigenvalue weighted by Gasteiger charge is 2.36. The lowest BCUT2D eigenvalue weighted by Gasteiger charge is -2.22. The van der Waals surface area contributed by atoms with Crippen LogP contribution < -0.4 is 21.5 Å². The molecule has 0 bridgehead atoms. The maximum absolute atomic E-state index is 12.4. The van der Waals surface area contributed by atoms with E-state index in [1.807, 2.05) is 37.3 Å². The summed E-state index contributed by atoms with van der Waals surface area (Å²) in [6, 6.07) is 16.5. The van der Waals surface area contributed by atoms with Gasteiger partial charge in [0.15, 0.2) is 0 Å². The van der Waals surface area contributed by atoms with E-state index in [0.717, 1.165) is 16.3 Å². The Morgan fingerprint density at radius 1 is 1.03 bits per heavy atom. The number of rotatable bonds is 3. The maximum Gasteiger partial charge on any atom is 0.408 e. The predicted molar refractivity (Wildman–Crippen MR) is 114 cm³/mol. The van der Waals surface area contributed by atoms with E-state index in [0.29, 0.717) is 5.69 Å². The summed E-state index contributed by atoms with van der Waals surface area (Å²) in [4.78, 5) is 36.0. The highest BCUT2D eigenvalue weighted by molar-refractivity contribution is 6.02. The van der Waals surface area contributed by atoms with Gasteiger partial charge < -0.3 is 20.5 Å². The van der Waals surface area contributed by atoms with Crippen molar-refractivity contribution in [2.45, 2.75) is 12.5 Å². The van der Waals surface area contributed by atoms with Gasteiger partial charge in [-0.25, -0.2) is 15.0 Å². The summed E-state index contributed by atoms with van der Waals surface area (Å²) in [6.07, 6.45) is -0.502. The van der Waals surface area contributed by atoms with Crippen LogP contribution in [-0.4, -0.2) is 29.7 Å². The number of benzene rings is 3. The normalized spacial score (nSPS) is 17.5. The Hall–Kier alpha value is -4.27. The molecule has 1 unspecified atom stereocenters. The molecule has 0 radical (unpaired) electrons. The lowest BCUT2D eigenvalue weighted by Crippen LogP contribution is -2.44. The van der Waals surface area contributed by atoms with E-state index in [2.05, 4.69) is 21.5 Å². The van der Waals surface area contributed by atoms with Crippen LogP contribution in [-0.2, 0) is 10.3 Å². The largest absolute Gasteiger partial charge is 0.507 e. The number of alkyl carbamates (subject to hydrolysis) is 1. The molecule has 4 amide bonds. The molecule has 5 N–H and O–H groups in total. The van der Waals surface area contributed by atoms with Gasteiger partial charge in [0.25, 0.3) is 5.91 Å². The van der Waals surface area contributed by atoms with E-state index in [1.54, 1.807) is 24.3 Å². The Morgan fingerprint density at radius 3 is 2.48 bits per heavy atom. The maximum atomic E-state index is 12.4. The number of fused-ring (bicyclic) bond motifs is 1. The smallest absolute Gasteiger partial charge is 0.408 e. The summed E-state index contributed by atoms with van der Waals surface area (Å²) in [7, 11) is 0. The van der Waals surface area contributed by atoms with E-state index in [-0.39, 0.29) is 17.9 Å². The minimum Gasteiger partial charge on any atom is -0.507 e. The average molecular weight is 420 g/mol. The third-order valence-corrected chi connectivity index (χ3v) is 5.03. The quantitative estimate of drug-likeness (QED) is 0.416. The summed E-state index contributed by atoms with van der Waals surface area (Å²) in [5, 5.41) is 17.0. The van der Waals surface area contributed by atoms with Gasteiger partial charge in [-0.05, 0) is 47.5 Å². The molecule has 0 aromatic heterocycles. The average Bonchev–Trinajstić information content (AvgIpc) is 3.11. The predicted octanol–water partition coefficient (Wildman–Crippen LogP) is 2.97. The van der Waals surface area contributed by atoms with Crippen LogP contribution in [0.1, 0.15) is 22.8 Å². The third kappa shape index (κ3) is 4.20. The number of carbonyl (C=O) groups is 3. The van der Waals surface area contributed by atoms with Gasteiger partial charge in [-0.1, -0.05) is 36.4 Å². The first-order chi connectivity index (χ1) is 14.8. The van der Waals surface area contributed by atoms with Crippen LogP contribution in [0.15, 0.2) is 60.7 Å². The summed E-state index contributed by atoms with van der Waals surface area (Å²) in [5.74, 6) is -0.856. The van der Waals surface area contributed by atoms with Gasteiger partial charge in [-0.3, -0.25) is 10.2 Å². The summed E-state index contributed by atoms with van der Waals surface area (Å²) >= 11 is 0. The van der Waals surface area contributed by atoms with Gasteiger partial charge in [-0.2, -0.15) is 0 Å². The zero-order valence-electron chi connectivity index (χ0n) is 16.6. The molecular weight excluding hydrogens is 400 g/mol. The number of amides is 4. The van der Waals surface area contributed by atoms with Gasteiger partial charge in [0, 0.05) is 5.69 Å². The summed E-state index contributed by atoms with van der Waals surface area (Å²) in [5.41, 5.74) is 5.07. The molecule has 9 nitrogen and oxygen atoms in total. The first-order valence-electron chi connectivity index (χ1n) is 9.49. The SMILES string of the molecule is CC1(c2cccc(NC(=O)NNC(=O)c3cc4ccccc4cc3O)c2)COC(=O)N1. The molecule has 1 fully saturated rings. The Balaban J connectivity index is 1.40. The molecule has 1 aliphatic heterocycles. The molecule has 1 aliphatic rings. The molecule has 0 aliphatic carbocycles. The minimum atomic E-state index is -0.701. The summed E-state index contributed by atoms with van der Waals surface area (Å²) < 4.78 is 4.97. The summed E-state index contributed by atoms with van der Waals surface area (Å²) in [6.45, 7) is 1.99. The van der Waals surface area contributed by atoms with Gasteiger partial charge >= 0.3 is 12.1 Å². The van der Waals surface area contributed by atoms with E-state index in [1.165, 1.54) is 6.07 Å². The number of urea groups is 1. The lowest BCUT2D eigenvalue weighted by atomic mass is 9.93. The lowest BCUT2D eigenvalue weighted by molar-refractivity contribution is 0.0935. The molecule has 3 aromatic carbocycles. The number of anilines is 1. The molecule has 1 saturated heterocycles. The van der Waals surface area contributed by atoms with Gasteiger partial charge in [0.2, 0.25) is 0 Å². The topological polar surface area (TPSA) is 129 Å². The van der Waals surface area contributed by atoms with Crippen LogP contribution in [0.4, 0.5) is 15.3 Å². The fourth-order valence-corrected chi connectivity index (χ4v) is 3.36. The molecule has 0 saturated carbocycles. The van der Waals surface area contributed by atoms with E-state index in [9.17, 15) is 19.5 Å². The Bertz CT molecular complexity index is 1200. The van der Waals surface area contributed by atoms with Crippen molar-refractivity contribution < 1.29 is 24.2 Å². The van der Waals surface area contributed by atoms with Crippen LogP contribution in [0.2, 0.25) is 0 Å². The number of hydrazine groups is 1. The number of hydrogen-bond acceptors (Lipinski definition) is 5. The molecule has 1 atom stereocenters. The van der Waals surface area contributed by atoms with Gasteiger partial charge in [-0.15, -0.1) is 0 Å². The number of hydrogen-bond donors (Lipinski definition) is 5. The number of aromatic hydroxyl groups is 1. The number of cyclic esters (lactones) is 1. The molecule has 0 spiro atoms. The van der Waals surface area contributed by atoms with Crippen molar-refractivity contribution in [2.75, 3.05) is 11.9 Å². The number of ether oxygens (including phenoxy) is 1. The fraction of sp³-hybridized carbons (Fsp3) is 0.136.